The fourth-order valence-corrected chi connectivity index (χ4v) is 2.37. The summed E-state index contributed by atoms with van der Waals surface area (Å²) < 4.78 is 11.0. The van der Waals surface area contributed by atoms with Gasteiger partial charge in [-0.05, 0) is 23.8 Å². The molecule has 2 rings (SSSR count). The summed E-state index contributed by atoms with van der Waals surface area (Å²) in [5, 5.41) is 17.5. The smallest absolute Gasteiger partial charge is 0.328 e. The van der Waals surface area contributed by atoms with E-state index in [1.54, 1.807) is 18.2 Å². The van der Waals surface area contributed by atoms with Crippen molar-refractivity contribution in [2.45, 2.75) is 0 Å². The number of carbonyl (C=O) groups is 4. The highest BCUT2D eigenvalue weighted by Crippen LogP contribution is 2.23. The summed E-state index contributed by atoms with van der Waals surface area (Å²) in [6, 6.07) is 4.81. The van der Waals surface area contributed by atoms with Crippen LogP contribution in [-0.4, -0.2) is 65.2 Å². The quantitative estimate of drug-likeness (QED) is 0.321. The highest BCUT2D eigenvalue weighted by molar-refractivity contribution is 6.12. The molecule has 0 bridgehead atoms. The van der Waals surface area contributed by atoms with Crippen LogP contribution in [-0.2, 0) is 23.9 Å². The van der Waals surface area contributed by atoms with Crippen LogP contribution in [0.1, 0.15) is 11.1 Å². The lowest BCUT2D eigenvalue weighted by molar-refractivity contribution is -0.138. The van der Waals surface area contributed by atoms with Gasteiger partial charge in [0.25, 0.3) is 11.8 Å². The summed E-state index contributed by atoms with van der Waals surface area (Å²) in [5.41, 5.74) is 1.06. The molecule has 0 aromatic heterocycles. The van der Waals surface area contributed by atoms with Crippen LogP contribution in [0.4, 0.5) is 0 Å². The van der Waals surface area contributed by atoms with E-state index in [4.69, 9.17) is 19.7 Å². The summed E-state index contributed by atoms with van der Waals surface area (Å²) in [7, 11) is 0. The van der Waals surface area contributed by atoms with Gasteiger partial charge in [-0.1, -0.05) is 12.1 Å². The maximum absolute atomic E-state index is 11.4. The number of nitrogens with zero attached hydrogens (tertiary/aromatic N) is 1. The molecule has 0 spiro atoms. The zero-order valence-corrected chi connectivity index (χ0v) is 15.3. The number of aliphatic carboxylic acids is 2. The molecule has 29 heavy (non-hydrogen) atoms. The first-order valence-corrected chi connectivity index (χ1v) is 8.57. The van der Waals surface area contributed by atoms with E-state index in [1.807, 2.05) is 0 Å². The molecule has 0 fully saturated rings. The van der Waals surface area contributed by atoms with Gasteiger partial charge in [-0.25, -0.2) is 9.59 Å². The number of hydrogen-bond donors (Lipinski definition) is 2. The molecular weight excluding hydrogens is 382 g/mol. The first-order chi connectivity index (χ1) is 13.9. The van der Waals surface area contributed by atoms with Crippen molar-refractivity contribution in [3.8, 4) is 5.75 Å². The maximum Gasteiger partial charge on any atom is 0.328 e. The molecule has 1 aromatic carbocycles. The number of imide groups is 1. The third-order valence-corrected chi connectivity index (χ3v) is 3.71. The number of carbonyl (C=O) groups excluding carboxylic acids is 2. The molecule has 0 saturated carbocycles. The van der Waals surface area contributed by atoms with E-state index in [9.17, 15) is 19.2 Å². The highest BCUT2D eigenvalue weighted by Gasteiger charge is 2.22. The van der Waals surface area contributed by atoms with Crippen molar-refractivity contribution in [3.63, 3.8) is 0 Å². The first kappa shape index (κ1) is 21.6. The maximum atomic E-state index is 11.4. The SMILES string of the molecule is O=C(O)/C=C/c1ccc(/C=C/C(=O)O)c(OCCOCCN2C(=O)C=CC2=O)c1. The van der Waals surface area contributed by atoms with Crippen molar-refractivity contribution in [2.75, 3.05) is 26.4 Å². The number of rotatable bonds is 11. The van der Waals surface area contributed by atoms with Crippen LogP contribution < -0.4 is 4.74 Å². The van der Waals surface area contributed by atoms with E-state index in [1.165, 1.54) is 24.3 Å². The van der Waals surface area contributed by atoms with Gasteiger partial charge >= 0.3 is 11.9 Å². The molecule has 1 aliphatic heterocycles. The van der Waals surface area contributed by atoms with Gasteiger partial charge in [0, 0.05) is 29.9 Å². The fourth-order valence-electron chi connectivity index (χ4n) is 2.37. The fraction of sp³-hybridized carbons (Fsp3) is 0.200. The van der Waals surface area contributed by atoms with Gasteiger partial charge in [-0.2, -0.15) is 0 Å². The third kappa shape index (κ3) is 7.07. The van der Waals surface area contributed by atoms with Gasteiger partial charge < -0.3 is 19.7 Å². The number of ether oxygens (including phenoxy) is 2. The molecular formula is C20H19NO8. The van der Waals surface area contributed by atoms with Gasteiger partial charge in [0.05, 0.1) is 19.8 Å². The van der Waals surface area contributed by atoms with Gasteiger partial charge in [-0.3, -0.25) is 14.5 Å². The molecule has 0 aliphatic carbocycles. The second-order valence-electron chi connectivity index (χ2n) is 5.76. The van der Waals surface area contributed by atoms with Crippen molar-refractivity contribution in [1.29, 1.82) is 0 Å². The molecule has 0 radical (unpaired) electrons. The largest absolute Gasteiger partial charge is 0.491 e. The third-order valence-electron chi connectivity index (χ3n) is 3.71. The highest BCUT2D eigenvalue weighted by atomic mass is 16.5. The minimum Gasteiger partial charge on any atom is -0.491 e. The molecule has 152 valence electrons. The van der Waals surface area contributed by atoms with Crippen LogP contribution in [0.25, 0.3) is 12.2 Å². The zero-order chi connectivity index (χ0) is 21.2. The summed E-state index contributed by atoms with van der Waals surface area (Å²) in [6.45, 7) is 0.573. The normalized spacial score (nSPS) is 13.7. The predicted octanol–water partition coefficient (Wildman–Crippen LogP) is 1.20. The molecule has 9 heteroatoms. The lowest BCUT2D eigenvalue weighted by atomic mass is 10.1. The number of carboxylic acid groups (broad SMARTS) is 2. The topological polar surface area (TPSA) is 130 Å². The molecule has 2 amide bonds. The van der Waals surface area contributed by atoms with Crippen LogP contribution in [0.2, 0.25) is 0 Å². The van der Waals surface area contributed by atoms with Gasteiger partial charge in [-0.15, -0.1) is 0 Å². The summed E-state index contributed by atoms with van der Waals surface area (Å²) in [5.74, 6) is -2.62. The molecule has 0 saturated heterocycles. The molecule has 0 atom stereocenters. The summed E-state index contributed by atoms with van der Waals surface area (Å²) in [4.78, 5) is 45.3. The van der Waals surface area contributed by atoms with Crippen molar-refractivity contribution >= 4 is 35.9 Å². The summed E-state index contributed by atoms with van der Waals surface area (Å²) >= 11 is 0. The Morgan fingerprint density at radius 2 is 1.59 bits per heavy atom. The monoisotopic (exact) mass is 401 g/mol. The van der Waals surface area contributed by atoms with Gasteiger partial charge in [0.2, 0.25) is 0 Å². The number of carboxylic acids is 2. The van der Waals surface area contributed by atoms with Crippen molar-refractivity contribution in [2.24, 2.45) is 0 Å². The standard InChI is InChI=1S/C20H19NO8/c22-17-5-6-18(23)21(17)9-10-28-11-12-29-16-13-14(2-7-19(24)25)1-3-15(16)4-8-20(26)27/h1-8,13H,9-12H2,(H,24,25)(H,26,27)/b7-2+,8-4+. The van der Waals surface area contributed by atoms with Crippen LogP contribution in [0.3, 0.4) is 0 Å². The molecule has 9 nitrogen and oxygen atoms in total. The Morgan fingerprint density at radius 3 is 2.24 bits per heavy atom. The minimum atomic E-state index is -1.12. The first-order valence-electron chi connectivity index (χ1n) is 8.57. The summed E-state index contributed by atoms with van der Waals surface area (Å²) in [6.07, 6.45) is 7.08. The van der Waals surface area contributed by atoms with E-state index in [-0.39, 0.29) is 38.2 Å². The number of benzene rings is 1. The average Bonchev–Trinajstić information content (AvgIpc) is 2.99. The lowest BCUT2D eigenvalue weighted by Crippen LogP contribution is -2.33. The van der Waals surface area contributed by atoms with Crippen LogP contribution in [0.5, 0.6) is 5.75 Å². The van der Waals surface area contributed by atoms with Gasteiger partial charge in [0.15, 0.2) is 0 Å². The molecule has 0 unspecified atom stereocenters. The minimum absolute atomic E-state index is 0.125. The number of amides is 2. The van der Waals surface area contributed by atoms with Crippen molar-refractivity contribution in [3.05, 3.63) is 53.6 Å². The van der Waals surface area contributed by atoms with E-state index in [2.05, 4.69) is 0 Å². The van der Waals surface area contributed by atoms with E-state index in [0.29, 0.717) is 16.9 Å². The Balaban J connectivity index is 1.90. The van der Waals surface area contributed by atoms with Crippen molar-refractivity contribution in [1.82, 2.24) is 4.90 Å². The van der Waals surface area contributed by atoms with Crippen LogP contribution >= 0.6 is 0 Å². The molecule has 1 heterocycles. The van der Waals surface area contributed by atoms with E-state index < -0.39 is 11.9 Å². The van der Waals surface area contributed by atoms with Crippen LogP contribution in [0, 0.1) is 0 Å². The van der Waals surface area contributed by atoms with E-state index in [0.717, 1.165) is 17.1 Å². The lowest BCUT2D eigenvalue weighted by Gasteiger charge is -2.14. The second-order valence-corrected chi connectivity index (χ2v) is 5.76. The Hall–Kier alpha value is -3.72. The zero-order valence-electron chi connectivity index (χ0n) is 15.3. The van der Waals surface area contributed by atoms with Crippen molar-refractivity contribution < 1.29 is 38.9 Å². The Bertz CT molecular complexity index is 866. The van der Waals surface area contributed by atoms with E-state index >= 15 is 0 Å². The Kier molecular flexibility index (Phi) is 7.87. The Morgan fingerprint density at radius 1 is 0.931 bits per heavy atom. The molecule has 2 N–H and O–H groups in total. The average molecular weight is 401 g/mol. The molecule has 1 aliphatic rings. The predicted molar refractivity (Wildman–Crippen MR) is 102 cm³/mol. The number of hydrogen-bond acceptors (Lipinski definition) is 6. The van der Waals surface area contributed by atoms with Crippen LogP contribution in [0.15, 0.2) is 42.5 Å². The Labute approximate surface area is 166 Å². The van der Waals surface area contributed by atoms with Gasteiger partial charge in [0.1, 0.15) is 12.4 Å². The molecule has 1 aromatic rings. The second kappa shape index (κ2) is 10.6.